The van der Waals surface area contributed by atoms with Gasteiger partial charge in [-0.15, -0.1) is 0 Å². The highest BCUT2D eigenvalue weighted by molar-refractivity contribution is 5.86. The van der Waals surface area contributed by atoms with Gasteiger partial charge in [0.25, 0.3) is 0 Å². The van der Waals surface area contributed by atoms with Gasteiger partial charge in [-0.2, -0.15) is 0 Å². The van der Waals surface area contributed by atoms with Crippen molar-refractivity contribution in [1.29, 1.82) is 0 Å². The van der Waals surface area contributed by atoms with Gasteiger partial charge in [-0.25, -0.2) is 0 Å². The van der Waals surface area contributed by atoms with Crippen molar-refractivity contribution in [3.05, 3.63) is 35.0 Å². The van der Waals surface area contributed by atoms with Crippen LogP contribution >= 0.6 is 0 Å². The fourth-order valence-electron chi connectivity index (χ4n) is 2.13. The van der Waals surface area contributed by atoms with Crippen LogP contribution in [0.1, 0.15) is 35.6 Å². The van der Waals surface area contributed by atoms with Crippen LogP contribution in [0.3, 0.4) is 0 Å². The average molecular weight is 185 g/mol. The Balaban J connectivity index is 2.30. The zero-order valence-electron chi connectivity index (χ0n) is 8.72. The summed E-state index contributed by atoms with van der Waals surface area (Å²) in [4.78, 5) is 3.57. The third-order valence-corrected chi connectivity index (χ3v) is 3.26. The number of benzene rings is 1. The topological polar surface area (TPSA) is 15.8 Å². The van der Waals surface area contributed by atoms with Gasteiger partial charge in [-0.05, 0) is 49.8 Å². The Labute approximate surface area is 84.1 Å². The van der Waals surface area contributed by atoms with Crippen molar-refractivity contribution in [2.75, 3.05) is 0 Å². The zero-order valence-corrected chi connectivity index (χ0v) is 8.72. The first-order valence-electron chi connectivity index (χ1n) is 5.34. The molecule has 0 radical (unpaired) electrons. The number of hydrogen-bond donors (Lipinski definition) is 1. The van der Waals surface area contributed by atoms with E-state index in [1.54, 1.807) is 0 Å². The molecular formula is C13H15N. The second-order valence-corrected chi connectivity index (χ2v) is 4.49. The van der Waals surface area contributed by atoms with Crippen molar-refractivity contribution in [3.63, 3.8) is 0 Å². The maximum absolute atomic E-state index is 3.57. The largest absolute Gasteiger partial charge is 0.358 e. The molecule has 0 bridgehead atoms. The van der Waals surface area contributed by atoms with E-state index in [2.05, 4.69) is 37.0 Å². The van der Waals surface area contributed by atoms with Crippen LogP contribution in [0.5, 0.6) is 0 Å². The van der Waals surface area contributed by atoms with Crippen LogP contribution in [-0.2, 0) is 0 Å². The van der Waals surface area contributed by atoms with Crippen molar-refractivity contribution >= 4 is 10.9 Å². The van der Waals surface area contributed by atoms with Crippen LogP contribution < -0.4 is 0 Å². The Morgan fingerprint density at radius 1 is 1.14 bits per heavy atom. The molecule has 1 heteroatoms. The smallest absolute Gasteiger partial charge is 0.0488 e. The minimum absolute atomic E-state index is 0.821. The summed E-state index contributed by atoms with van der Waals surface area (Å²) in [5, 5.41) is 1.41. The number of aryl methyl sites for hydroxylation is 2. The maximum Gasteiger partial charge on any atom is 0.0488 e. The fourth-order valence-corrected chi connectivity index (χ4v) is 2.13. The summed E-state index contributed by atoms with van der Waals surface area (Å²) in [5.74, 6) is 0.821. The van der Waals surface area contributed by atoms with Gasteiger partial charge in [0.1, 0.15) is 0 Å². The number of nitrogens with one attached hydrogen (secondary N) is 1. The molecule has 72 valence electrons. The highest BCUT2D eigenvalue weighted by Gasteiger charge is 2.25. The zero-order chi connectivity index (χ0) is 9.71. The number of aromatic nitrogens is 1. The molecule has 0 amide bonds. The van der Waals surface area contributed by atoms with Crippen LogP contribution in [0.2, 0.25) is 0 Å². The van der Waals surface area contributed by atoms with E-state index in [1.807, 2.05) is 0 Å². The lowest BCUT2D eigenvalue weighted by molar-refractivity contribution is 1.06. The number of rotatable bonds is 1. The average Bonchev–Trinajstić information content (AvgIpc) is 2.92. The molecule has 2 aromatic rings. The van der Waals surface area contributed by atoms with Crippen LogP contribution in [-0.4, -0.2) is 4.98 Å². The summed E-state index contributed by atoms with van der Waals surface area (Å²) in [6.45, 7) is 4.36. The van der Waals surface area contributed by atoms with Gasteiger partial charge in [0.15, 0.2) is 0 Å². The lowest BCUT2D eigenvalue weighted by Gasteiger charge is -1.98. The minimum atomic E-state index is 0.821. The van der Waals surface area contributed by atoms with Crippen LogP contribution in [0.4, 0.5) is 0 Å². The van der Waals surface area contributed by atoms with Crippen molar-refractivity contribution in [1.82, 2.24) is 4.98 Å². The predicted molar refractivity (Wildman–Crippen MR) is 59.7 cm³/mol. The summed E-state index contributed by atoms with van der Waals surface area (Å²) in [5.41, 5.74) is 5.52. The van der Waals surface area contributed by atoms with Gasteiger partial charge in [0.05, 0.1) is 0 Å². The molecule has 0 saturated heterocycles. The molecule has 0 spiro atoms. The lowest BCUT2D eigenvalue weighted by Crippen LogP contribution is -1.79. The Bertz CT molecular complexity index is 450. The van der Waals surface area contributed by atoms with Gasteiger partial charge >= 0.3 is 0 Å². The van der Waals surface area contributed by atoms with Crippen molar-refractivity contribution in [2.45, 2.75) is 32.6 Å². The van der Waals surface area contributed by atoms with Crippen LogP contribution in [0.25, 0.3) is 10.9 Å². The lowest BCUT2D eigenvalue weighted by atomic mass is 10.1. The highest BCUT2D eigenvalue weighted by Crippen LogP contribution is 2.41. The number of hydrogen-bond acceptors (Lipinski definition) is 0. The Morgan fingerprint density at radius 3 is 2.50 bits per heavy atom. The van der Waals surface area contributed by atoms with E-state index in [0.29, 0.717) is 0 Å². The monoisotopic (exact) mass is 185 g/mol. The van der Waals surface area contributed by atoms with Gasteiger partial charge in [-0.1, -0.05) is 12.1 Å². The molecule has 1 aliphatic carbocycles. The molecule has 1 aliphatic rings. The number of fused-ring (bicyclic) bond motifs is 1. The SMILES string of the molecule is Cc1ccc(C)c2[nH]c(C3CC3)cc12. The van der Waals surface area contributed by atoms with Gasteiger partial charge < -0.3 is 4.98 Å². The van der Waals surface area contributed by atoms with E-state index in [-0.39, 0.29) is 0 Å². The molecule has 1 nitrogen and oxygen atoms in total. The molecule has 1 aromatic carbocycles. The molecule has 1 fully saturated rings. The summed E-state index contributed by atoms with van der Waals surface area (Å²) in [6, 6.07) is 6.75. The Hall–Kier alpha value is -1.24. The molecule has 1 heterocycles. The van der Waals surface area contributed by atoms with Crippen LogP contribution in [0, 0.1) is 13.8 Å². The number of aromatic amines is 1. The molecule has 1 aromatic heterocycles. The van der Waals surface area contributed by atoms with E-state index >= 15 is 0 Å². The quantitative estimate of drug-likeness (QED) is 0.697. The second-order valence-electron chi connectivity index (χ2n) is 4.49. The first-order valence-corrected chi connectivity index (χ1v) is 5.34. The molecule has 0 aliphatic heterocycles. The molecule has 3 rings (SSSR count). The van der Waals surface area contributed by atoms with Gasteiger partial charge in [0, 0.05) is 16.6 Å². The molecule has 1 N–H and O–H groups in total. The van der Waals surface area contributed by atoms with Crippen LogP contribution in [0.15, 0.2) is 18.2 Å². The van der Waals surface area contributed by atoms with Gasteiger partial charge in [0.2, 0.25) is 0 Å². The highest BCUT2D eigenvalue weighted by atomic mass is 14.7. The van der Waals surface area contributed by atoms with E-state index in [4.69, 9.17) is 0 Å². The standard InChI is InChI=1S/C13H15N/c1-8-3-4-9(2)13-11(8)7-12(14-13)10-5-6-10/h3-4,7,10,14H,5-6H2,1-2H3. The van der Waals surface area contributed by atoms with E-state index in [0.717, 1.165) is 5.92 Å². The third kappa shape index (κ3) is 1.08. The van der Waals surface area contributed by atoms with Crippen molar-refractivity contribution < 1.29 is 0 Å². The van der Waals surface area contributed by atoms with Crippen molar-refractivity contribution in [3.8, 4) is 0 Å². The van der Waals surface area contributed by atoms with Crippen molar-refractivity contribution in [2.24, 2.45) is 0 Å². The first kappa shape index (κ1) is 8.10. The second kappa shape index (κ2) is 2.63. The minimum Gasteiger partial charge on any atom is -0.358 e. The predicted octanol–water partition coefficient (Wildman–Crippen LogP) is 3.66. The molecule has 1 saturated carbocycles. The Morgan fingerprint density at radius 2 is 1.86 bits per heavy atom. The van der Waals surface area contributed by atoms with Gasteiger partial charge in [-0.3, -0.25) is 0 Å². The van der Waals surface area contributed by atoms with E-state index in [9.17, 15) is 0 Å². The summed E-state index contributed by atoms with van der Waals surface area (Å²) in [7, 11) is 0. The van der Waals surface area contributed by atoms with E-state index in [1.165, 1.54) is 40.6 Å². The van der Waals surface area contributed by atoms with E-state index < -0.39 is 0 Å². The molecule has 0 unspecified atom stereocenters. The molecule has 14 heavy (non-hydrogen) atoms. The first-order chi connectivity index (χ1) is 6.75. The number of H-pyrrole nitrogens is 1. The summed E-state index contributed by atoms with van der Waals surface area (Å²) >= 11 is 0. The summed E-state index contributed by atoms with van der Waals surface area (Å²) < 4.78 is 0. The maximum atomic E-state index is 3.57. The summed E-state index contributed by atoms with van der Waals surface area (Å²) in [6.07, 6.45) is 2.73. The Kier molecular flexibility index (Phi) is 1.52. The third-order valence-electron chi connectivity index (χ3n) is 3.26. The molecular weight excluding hydrogens is 170 g/mol. The fraction of sp³-hybridized carbons (Fsp3) is 0.385. The molecule has 0 atom stereocenters. The normalized spacial score (nSPS) is 16.4.